The number of hydrogen-bond donors (Lipinski definition) is 1. The molecule has 1 N–H and O–H groups in total. The van der Waals surface area contributed by atoms with Crippen molar-refractivity contribution in [2.24, 2.45) is 0 Å². The Morgan fingerprint density at radius 2 is 2.07 bits per heavy atom. The van der Waals surface area contributed by atoms with Gasteiger partial charge in [0, 0.05) is 32.2 Å². The van der Waals surface area contributed by atoms with Crippen LogP contribution in [0.15, 0.2) is 30.3 Å². The molecule has 1 aromatic carbocycles. The van der Waals surface area contributed by atoms with Crippen LogP contribution in [0.1, 0.15) is 21.0 Å². The first-order valence-electron chi connectivity index (χ1n) is 8.77. The fraction of sp³-hybridized carbons (Fsp3) is 0.333. The van der Waals surface area contributed by atoms with Crippen molar-refractivity contribution in [3.63, 3.8) is 0 Å². The number of imidazole rings is 1. The van der Waals surface area contributed by atoms with Crippen molar-refractivity contribution in [1.29, 1.82) is 0 Å². The maximum atomic E-state index is 12.8. The smallest absolute Gasteiger partial charge is 0.283 e. The van der Waals surface area contributed by atoms with Gasteiger partial charge >= 0.3 is 0 Å². The summed E-state index contributed by atoms with van der Waals surface area (Å²) in [6.45, 7) is 4.32. The van der Waals surface area contributed by atoms with E-state index < -0.39 is 4.92 Å². The van der Waals surface area contributed by atoms with E-state index in [9.17, 15) is 14.9 Å². The second-order valence-corrected chi connectivity index (χ2v) is 7.78. The predicted molar refractivity (Wildman–Crippen MR) is 105 cm³/mol. The van der Waals surface area contributed by atoms with Crippen LogP contribution in [0.4, 0.5) is 11.6 Å². The first kappa shape index (κ1) is 17.5. The number of rotatable bonds is 3. The standard InChI is InChI=1S/C18H19N5O3S/c1-12-15(23(25)26)11-16(27-12)17(24)21-7-4-8-22(10-9-21)18-19-13-5-2-3-6-14(13)20-18/h2-3,5-6,11H,4,7-10H2,1H3,(H,19,20). The lowest BCUT2D eigenvalue weighted by Gasteiger charge is -2.21. The summed E-state index contributed by atoms with van der Waals surface area (Å²) < 4.78 is 0. The highest BCUT2D eigenvalue weighted by Gasteiger charge is 2.26. The summed E-state index contributed by atoms with van der Waals surface area (Å²) in [5.74, 6) is 0.677. The van der Waals surface area contributed by atoms with Gasteiger partial charge in [0.05, 0.1) is 25.7 Å². The Morgan fingerprint density at radius 1 is 1.26 bits per heavy atom. The summed E-state index contributed by atoms with van der Waals surface area (Å²) in [6, 6.07) is 9.28. The molecule has 0 spiro atoms. The summed E-state index contributed by atoms with van der Waals surface area (Å²) in [4.78, 5) is 36.3. The molecule has 1 fully saturated rings. The summed E-state index contributed by atoms with van der Waals surface area (Å²) in [7, 11) is 0. The molecule has 8 nitrogen and oxygen atoms in total. The fourth-order valence-electron chi connectivity index (χ4n) is 3.34. The number of nitro groups is 1. The quantitative estimate of drug-likeness (QED) is 0.552. The van der Waals surface area contributed by atoms with Crippen LogP contribution in [0.5, 0.6) is 0 Å². The maximum Gasteiger partial charge on any atom is 0.283 e. The molecule has 0 atom stereocenters. The number of amides is 1. The van der Waals surface area contributed by atoms with E-state index in [1.807, 2.05) is 24.3 Å². The number of aromatic nitrogens is 2. The zero-order valence-corrected chi connectivity index (χ0v) is 15.7. The summed E-state index contributed by atoms with van der Waals surface area (Å²) in [5.41, 5.74) is 1.93. The number of anilines is 1. The molecule has 3 aromatic rings. The number of nitrogens with zero attached hydrogens (tertiary/aromatic N) is 4. The fourth-order valence-corrected chi connectivity index (χ4v) is 4.29. The molecule has 0 radical (unpaired) electrons. The highest BCUT2D eigenvalue weighted by Crippen LogP contribution is 2.29. The number of aryl methyl sites for hydroxylation is 1. The third-order valence-corrected chi connectivity index (χ3v) is 5.79. The lowest BCUT2D eigenvalue weighted by molar-refractivity contribution is -0.385. The van der Waals surface area contributed by atoms with E-state index in [2.05, 4.69) is 14.9 Å². The SMILES string of the molecule is Cc1sc(C(=O)N2CCCN(c3nc4ccccc4[nH]3)CC2)cc1[N+](=O)[O-]. The van der Waals surface area contributed by atoms with Crippen molar-refractivity contribution in [2.45, 2.75) is 13.3 Å². The van der Waals surface area contributed by atoms with E-state index in [4.69, 9.17) is 0 Å². The van der Waals surface area contributed by atoms with Gasteiger partial charge in [0.1, 0.15) is 0 Å². The monoisotopic (exact) mass is 385 g/mol. The molecule has 1 aliphatic heterocycles. The molecule has 27 heavy (non-hydrogen) atoms. The van der Waals surface area contributed by atoms with Crippen LogP contribution >= 0.6 is 11.3 Å². The second kappa shape index (κ2) is 6.99. The van der Waals surface area contributed by atoms with Crippen LogP contribution in [-0.4, -0.2) is 51.9 Å². The van der Waals surface area contributed by atoms with Gasteiger partial charge in [-0.05, 0) is 25.5 Å². The van der Waals surface area contributed by atoms with Gasteiger partial charge < -0.3 is 14.8 Å². The number of hydrogen-bond acceptors (Lipinski definition) is 6. The highest BCUT2D eigenvalue weighted by molar-refractivity contribution is 7.14. The Hall–Kier alpha value is -2.94. The Kier molecular flexibility index (Phi) is 4.53. The van der Waals surface area contributed by atoms with Crippen LogP contribution in [0.3, 0.4) is 0 Å². The normalized spacial score (nSPS) is 15.1. The van der Waals surface area contributed by atoms with E-state index in [-0.39, 0.29) is 11.6 Å². The first-order chi connectivity index (χ1) is 13.0. The zero-order chi connectivity index (χ0) is 19.0. The lowest BCUT2D eigenvalue weighted by atomic mass is 10.3. The van der Waals surface area contributed by atoms with Crippen molar-refractivity contribution >= 4 is 39.9 Å². The van der Waals surface area contributed by atoms with Crippen LogP contribution in [0.25, 0.3) is 11.0 Å². The van der Waals surface area contributed by atoms with Crippen LogP contribution in [0, 0.1) is 17.0 Å². The molecule has 3 heterocycles. The number of H-pyrrole nitrogens is 1. The van der Waals surface area contributed by atoms with Gasteiger partial charge in [-0.15, -0.1) is 11.3 Å². The van der Waals surface area contributed by atoms with Gasteiger partial charge in [0.2, 0.25) is 5.95 Å². The molecule has 1 aliphatic rings. The molecule has 140 valence electrons. The van der Waals surface area contributed by atoms with Crippen LogP contribution in [-0.2, 0) is 0 Å². The van der Waals surface area contributed by atoms with Gasteiger partial charge in [-0.3, -0.25) is 14.9 Å². The molecule has 0 saturated carbocycles. The summed E-state index contributed by atoms with van der Waals surface area (Å²) in [6.07, 6.45) is 0.815. The minimum Gasteiger partial charge on any atom is -0.341 e. The van der Waals surface area contributed by atoms with E-state index in [1.54, 1.807) is 11.8 Å². The molecule has 1 saturated heterocycles. The van der Waals surface area contributed by atoms with Gasteiger partial charge in [0.25, 0.3) is 11.6 Å². The number of aromatic amines is 1. The van der Waals surface area contributed by atoms with Crippen molar-refractivity contribution in [3.8, 4) is 0 Å². The summed E-state index contributed by atoms with van der Waals surface area (Å²) >= 11 is 1.19. The Morgan fingerprint density at radius 3 is 2.81 bits per heavy atom. The topological polar surface area (TPSA) is 95.4 Å². The van der Waals surface area contributed by atoms with Crippen molar-refractivity contribution in [1.82, 2.24) is 14.9 Å². The second-order valence-electron chi connectivity index (χ2n) is 6.52. The van der Waals surface area contributed by atoms with Crippen molar-refractivity contribution in [3.05, 3.63) is 50.2 Å². The van der Waals surface area contributed by atoms with Crippen LogP contribution < -0.4 is 4.90 Å². The number of para-hydroxylation sites is 2. The average Bonchev–Trinajstić information content (AvgIpc) is 3.17. The number of benzene rings is 1. The molecule has 4 rings (SSSR count). The molecule has 1 amide bonds. The van der Waals surface area contributed by atoms with E-state index in [0.29, 0.717) is 29.4 Å². The van der Waals surface area contributed by atoms with Crippen molar-refractivity contribution < 1.29 is 9.72 Å². The summed E-state index contributed by atoms with van der Waals surface area (Å²) in [5, 5.41) is 11.0. The van der Waals surface area contributed by atoms with E-state index in [0.717, 1.165) is 29.9 Å². The maximum absolute atomic E-state index is 12.8. The number of nitrogens with one attached hydrogen (secondary N) is 1. The largest absolute Gasteiger partial charge is 0.341 e. The van der Waals surface area contributed by atoms with Gasteiger partial charge in [-0.1, -0.05) is 12.1 Å². The van der Waals surface area contributed by atoms with E-state index in [1.165, 1.54) is 17.4 Å². The number of carbonyl (C=O) groups is 1. The molecule has 0 bridgehead atoms. The third kappa shape index (κ3) is 3.37. The predicted octanol–water partition coefficient (Wildman–Crippen LogP) is 3.19. The number of thiophene rings is 1. The van der Waals surface area contributed by atoms with Gasteiger partial charge in [-0.2, -0.15) is 0 Å². The van der Waals surface area contributed by atoms with Crippen LogP contribution in [0.2, 0.25) is 0 Å². The molecule has 2 aromatic heterocycles. The molecule has 0 unspecified atom stereocenters. The number of fused-ring (bicyclic) bond motifs is 1. The van der Waals surface area contributed by atoms with Crippen molar-refractivity contribution in [2.75, 3.05) is 31.1 Å². The lowest BCUT2D eigenvalue weighted by Crippen LogP contribution is -2.35. The molecule has 9 heteroatoms. The zero-order valence-electron chi connectivity index (χ0n) is 14.8. The molecular weight excluding hydrogens is 366 g/mol. The number of carbonyl (C=O) groups excluding carboxylic acids is 1. The Labute approximate surface area is 159 Å². The molecular formula is C18H19N5O3S. The molecule has 0 aliphatic carbocycles. The Balaban J connectivity index is 1.48. The van der Waals surface area contributed by atoms with E-state index >= 15 is 0 Å². The minimum absolute atomic E-state index is 0.0158. The Bertz CT molecular complexity index is 979. The first-order valence-corrected chi connectivity index (χ1v) is 9.58. The van der Waals surface area contributed by atoms with Gasteiger partial charge in [0.15, 0.2) is 0 Å². The average molecular weight is 385 g/mol. The minimum atomic E-state index is -0.436. The third-order valence-electron chi connectivity index (χ3n) is 4.76. The van der Waals surface area contributed by atoms with Gasteiger partial charge in [-0.25, -0.2) is 4.98 Å². The highest BCUT2D eigenvalue weighted by atomic mass is 32.1.